The maximum Gasteiger partial charge on any atom is 0.271 e. The van der Waals surface area contributed by atoms with Gasteiger partial charge in [-0.2, -0.15) is 0 Å². The lowest BCUT2D eigenvalue weighted by Crippen LogP contribution is -2.38. The number of aromatic nitrogens is 2. The number of carbonyl (C=O) groups excluding carboxylic acids is 1. The lowest BCUT2D eigenvalue weighted by atomic mass is 10.1. The zero-order valence-electron chi connectivity index (χ0n) is 16.9. The van der Waals surface area contributed by atoms with Crippen LogP contribution in [0.25, 0.3) is 10.9 Å². The summed E-state index contributed by atoms with van der Waals surface area (Å²) >= 11 is 0. The SMILES string of the molecule is CC(C)CCN(CCC(C)C)C(=O)Cn1cnc2cc([N+](=O)[O-])ccc2c1=O. The standard InChI is InChI=1S/C20H28N4O4/c1-14(2)7-9-22(10-8-15(3)4)19(25)12-23-13-21-18-11-16(24(27)28)5-6-17(18)20(23)26/h5-6,11,13-15H,7-10,12H2,1-4H3. The zero-order chi connectivity index (χ0) is 20.8. The van der Waals surface area contributed by atoms with E-state index in [4.69, 9.17) is 0 Å². The van der Waals surface area contributed by atoms with Gasteiger partial charge in [0.1, 0.15) is 6.54 Å². The van der Waals surface area contributed by atoms with Crippen LogP contribution in [0.15, 0.2) is 29.3 Å². The molecule has 0 aliphatic carbocycles. The van der Waals surface area contributed by atoms with Crippen molar-refractivity contribution in [3.8, 4) is 0 Å². The van der Waals surface area contributed by atoms with Crippen molar-refractivity contribution in [3.05, 3.63) is 45.0 Å². The molecule has 1 aromatic heterocycles. The van der Waals surface area contributed by atoms with Crippen LogP contribution in [-0.2, 0) is 11.3 Å². The molecule has 0 spiro atoms. The number of fused-ring (bicyclic) bond motifs is 1. The molecule has 1 heterocycles. The van der Waals surface area contributed by atoms with E-state index in [9.17, 15) is 19.7 Å². The molecule has 8 heteroatoms. The number of nitro groups is 1. The lowest BCUT2D eigenvalue weighted by Gasteiger charge is -2.25. The Morgan fingerprint density at radius 1 is 1.18 bits per heavy atom. The monoisotopic (exact) mass is 388 g/mol. The normalized spacial score (nSPS) is 11.4. The first kappa shape index (κ1) is 21.5. The van der Waals surface area contributed by atoms with Gasteiger partial charge in [-0.05, 0) is 30.7 Å². The van der Waals surface area contributed by atoms with E-state index >= 15 is 0 Å². The third-order valence-corrected chi connectivity index (χ3v) is 4.63. The van der Waals surface area contributed by atoms with E-state index in [0.717, 1.165) is 12.8 Å². The van der Waals surface area contributed by atoms with Crippen LogP contribution in [0.5, 0.6) is 0 Å². The maximum atomic E-state index is 12.8. The molecule has 8 nitrogen and oxygen atoms in total. The van der Waals surface area contributed by atoms with Gasteiger partial charge in [0.25, 0.3) is 11.2 Å². The second kappa shape index (κ2) is 9.43. The summed E-state index contributed by atoms with van der Waals surface area (Å²) < 4.78 is 1.27. The molecular weight excluding hydrogens is 360 g/mol. The minimum absolute atomic E-state index is 0.0883. The van der Waals surface area contributed by atoms with Crippen LogP contribution in [0.2, 0.25) is 0 Å². The molecule has 0 aliphatic rings. The maximum absolute atomic E-state index is 12.8. The minimum atomic E-state index is -0.530. The highest BCUT2D eigenvalue weighted by Gasteiger charge is 2.17. The van der Waals surface area contributed by atoms with E-state index < -0.39 is 4.92 Å². The predicted molar refractivity (Wildman–Crippen MR) is 108 cm³/mol. The number of carbonyl (C=O) groups is 1. The molecule has 0 saturated carbocycles. The molecule has 0 N–H and O–H groups in total. The summed E-state index contributed by atoms with van der Waals surface area (Å²) in [6.07, 6.45) is 3.09. The Balaban J connectivity index is 2.23. The first-order valence-corrected chi connectivity index (χ1v) is 9.60. The van der Waals surface area contributed by atoms with Crippen LogP contribution in [0.4, 0.5) is 5.69 Å². The average molecular weight is 388 g/mol. The molecule has 0 unspecified atom stereocenters. The highest BCUT2D eigenvalue weighted by molar-refractivity contribution is 5.80. The fraction of sp³-hybridized carbons (Fsp3) is 0.550. The summed E-state index contributed by atoms with van der Waals surface area (Å²) in [6.45, 7) is 9.68. The second-order valence-corrected chi connectivity index (χ2v) is 7.88. The van der Waals surface area contributed by atoms with Crippen molar-refractivity contribution in [2.45, 2.75) is 47.1 Å². The molecule has 0 bridgehead atoms. The first-order valence-electron chi connectivity index (χ1n) is 9.60. The summed E-state index contributed by atoms with van der Waals surface area (Å²) in [6, 6.07) is 3.93. The van der Waals surface area contributed by atoms with Gasteiger partial charge in [-0.15, -0.1) is 0 Å². The quantitative estimate of drug-likeness (QED) is 0.485. The highest BCUT2D eigenvalue weighted by Crippen LogP contribution is 2.16. The van der Waals surface area contributed by atoms with E-state index in [1.54, 1.807) is 0 Å². The molecule has 28 heavy (non-hydrogen) atoms. The number of nitrogens with zero attached hydrogens (tertiary/aromatic N) is 4. The van der Waals surface area contributed by atoms with Gasteiger partial charge in [-0.3, -0.25) is 24.3 Å². The summed E-state index contributed by atoms with van der Waals surface area (Å²) in [5, 5.41) is 11.1. The smallest absolute Gasteiger partial charge is 0.271 e. The number of non-ortho nitro benzene ring substituents is 1. The van der Waals surface area contributed by atoms with Crippen LogP contribution in [-0.4, -0.2) is 38.4 Å². The van der Waals surface area contributed by atoms with E-state index in [0.29, 0.717) is 24.9 Å². The number of hydrogen-bond donors (Lipinski definition) is 0. The van der Waals surface area contributed by atoms with Crippen molar-refractivity contribution < 1.29 is 9.72 Å². The van der Waals surface area contributed by atoms with Gasteiger partial charge in [0.05, 0.1) is 22.2 Å². The van der Waals surface area contributed by atoms with Gasteiger partial charge in [0.15, 0.2) is 0 Å². The summed E-state index contributed by atoms with van der Waals surface area (Å²) in [5.74, 6) is 0.844. The molecular formula is C20H28N4O4. The van der Waals surface area contributed by atoms with Crippen LogP contribution in [0, 0.1) is 22.0 Å². The molecule has 0 radical (unpaired) electrons. The fourth-order valence-corrected chi connectivity index (χ4v) is 2.81. The van der Waals surface area contributed by atoms with Crippen LogP contribution >= 0.6 is 0 Å². The molecule has 0 saturated heterocycles. The summed E-state index contributed by atoms with van der Waals surface area (Å²) in [7, 11) is 0. The number of hydrogen-bond acceptors (Lipinski definition) is 5. The Bertz CT molecular complexity index is 893. The van der Waals surface area contributed by atoms with Crippen molar-refractivity contribution >= 4 is 22.5 Å². The molecule has 2 aromatic rings. The van der Waals surface area contributed by atoms with E-state index in [-0.39, 0.29) is 34.6 Å². The Kier molecular flexibility index (Phi) is 7.25. The molecule has 2 rings (SSSR count). The molecule has 0 fully saturated rings. The van der Waals surface area contributed by atoms with E-state index in [2.05, 4.69) is 32.7 Å². The summed E-state index contributed by atoms with van der Waals surface area (Å²) in [5.41, 5.74) is -0.248. The van der Waals surface area contributed by atoms with Crippen molar-refractivity contribution in [1.29, 1.82) is 0 Å². The Morgan fingerprint density at radius 3 is 2.32 bits per heavy atom. The second-order valence-electron chi connectivity index (χ2n) is 7.88. The summed E-state index contributed by atoms with van der Waals surface area (Å²) in [4.78, 5) is 41.8. The predicted octanol–water partition coefficient (Wildman–Crippen LogP) is 3.23. The van der Waals surface area contributed by atoms with Crippen LogP contribution in [0.3, 0.4) is 0 Å². The third kappa shape index (κ3) is 5.61. The van der Waals surface area contributed by atoms with E-state index in [1.807, 2.05) is 4.90 Å². The topological polar surface area (TPSA) is 98.3 Å². The van der Waals surface area contributed by atoms with Gasteiger partial charge in [0, 0.05) is 25.2 Å². The van der Waals surface area contributed by atoms with Gasteiger partial charge < -0.3 is 4.90 Å². The fourth-order valence-electron chi connectivity index (χ4n) is 2.81. The number of rotatable bonds is 9. The van der Waals surface area contributed by atoms with Crippen molar-refractivity contribution in [3.63, 3.8) is 0 Å². The van der Waals surface area contributed by atoms with Crippen LogP contribution in [0.1, 0.15) is 40.5 Å². The van der Waals surface area contributed by atoms with Crippen molar-refractivity contribution in [2.24, 2.45) is 11.8 Å². The Morgan fingerprint density at radius 2 is 1.79 bits per heavy atom. The Hall–Kier alpha value is -2.77. The van der Waals surface area contributed by atoms with Crippen molar-refractivity contribution in [1.82, 2.24) is 14.5 Å². The largest absolute Gasteiger partial charge is 0.341 e. The van der Waals surface area contributed by atoms with Gasteiger partial charge in [-0.25, -0.2) is 4.98 Å². The lowest BCUT2D eigenvalue weighted by molar-refractivity contribution is -0.384. The minimum Gasteiger partial charge on any atom is -0.341 e. The number of benzene rings is 1. The molecule has 0 aliphatic heterocycles. The van der Waals surface area contributed by atoms with Gasteiger partial charge in [-0.1, -0.05) is 27.7 Å². The molecule has 152 valence electrons. The zero-order valence-corrected chi connectivity index (χ0v) is 16.9. The van der Waals surface area contributed by atoms with E-state index in [1.165, 1.54) is 29.1 Å². The third-order valence-electron chi connectivity index (χ3n) is 4.63. The van der Waals surface area contributed by atoms with Gasteiger partial charge in [0.2, 0.25) is 5.91 Å². The first-order chi connectivity index (χ1) is 13.2. The van der Waals surface area contributed by atoms with Gasteiger partial charge >= 0.3 is 0 Å². The highest BCUT2D eigenvalue weighted by atomic mass is 16.6. The number of amides is 1. The number of nitro benzene ring substituents is 1. The molecule has 1 aromatic carbocycles. The van der Waals surface area contributed by atoms with Crippen molar-refractivity contribution in [2.75, 3.05) is 13.1 Å². The molecule has 0 atom stereocenters. The average Bonchev–Trinajstić information content (AvgIpc) is 2.63. The van der Waals surface area contributed by atoms with Crippen LogP contribution < -0.4 is 5.56 Å². The Labute approximate surface area is 164 Å². The molecule has 1 amide bonds.